The first-order valence-electron chi connectivity index (χ1n) is 11.8. The fraction of sp³-hybridized carbons (Fsp3) is 0.240. The van der Waals surface area contributed by atoms with Crippen LogP contribution in [0, 0.1) is 5.82 Å². The molecular formula is C25H24BrFN6O5S. The van der Waals surface area contributed by atoms with Gasteiger partial charge < -0.3 is 5.32 Å². The highest BCUT2D eigenvalue weighted by Crippen LogP contribution is 2.34. The minimum Gasteiger partial charge on any atom is -0.352 e. The van der Waals surface area contributed by atoms with Crippen LogP contribution in [0.2, 0.25) is 0 Å². The normalized spacial score (nSPS) is 13.7. The van der Waals surface area contributed by atoms with E-state index in [0.717, 1.165) is 13.4 Å². The number of aromatic nitrogens is 3. The predicted molar refractivity (Wildman–Crippen MR) is 151 cm³/mol. The second kappa shape index (κ2) is 9.77. The lowest BCUT2D eigenvalue weighted by Gasteiger charge is -2.19. The number of halogens is 2. The van der Waals surface area contributed by atoms with Crippen LogP contribution in [0.1, 0.15) is 18.9 Å². The molecule has 0 radical (unpaired) electrons. The van der Waals surface area contributed by atoms with Gasteiger partial charge in [-0.25, -0.2) is 13.8 Å². The lowest BCUT2D eigenvalue weighted by Crippen LogP contribution is -2.41. The largest absolute Gasteiger partial charge is 0.352 e. The summed E-state index contributed by atoms with van der Waals surface area (Å²) in [5, 5.41) is 2.86. The molecular weight excluding hydrogens is 595 g/mol. The Bertz CT molecular complexity index is 1930. The molecule has 14 heteroatoms. The highest BCUT2D eigenvalue weighted by molar-refractivity contribution is 9.10. The van der Waals surface area contributed by atoms with E-state index in [1.165, 1.54) is 56.0 Å². The molecule has 1 saturated carbocycles. The van der Waals surface area contributed by atoms with Gasteiger partial charge in [-0.05, 0) is 49.2 Å². The number of rotatable bonds is 7. The zero-order valence-corrected chi connectivity index (χ0v) is 23.5. The lowest BCUT2D eigenvalue weighted by molar-refractivity contribution is 0.527. The molecule has 5 rings (SSSR count). The number of aryl methyl sites for hydroxylation is 1. The molecule has 0 bridgehead atoms. The first-order chi connectivity index (χ1) is 18.4. The van der Waals surface area contributed by atoms with E-state index in [9.17, 15) is 27.2 Å². The van der Waals surface area contributed by atoms with Crippen LogP contribution in [0.3, 0.4) is 0 Å². The Hall–Kier alpha value is -3.75. The van der Waals surface area contributed by atoms with Crippen molar-refractivity contribution in [3.05, 3.63) is 90.0 Å². The summed E-state index contributed by atoms with van der Waals surface area (Å²) in [6, 6.07) is 11.2. The summed E-state index contributed by atoms with van der Waals surface area (Å²) in [6.07, 6.45) is 1.25. The second-order valence-corrected chi connectivity index (χ2v) is 12.2. The Morgan fingerprint density at radius 3 is 2.38 bits per heavy atom. The van der Waals surface area contributed by atoms with Crippen molar-refractivity contribution < 1.29 is 12.8 Å². The summed E-state index contributed by atoms with van der Waals surface area (Å²) in [5.41, 5.74) is -1.42. The third kappa shape index (κ3) is 4.90. The van der Waals surface area contributed by atoms with E-state index in [0.29, 0.717) is 17.3 Å². The first-order valence-corrected chi connectivity index (χ1v) is 14.1. The standard InChI is InChI=1S/C25H24BrFN6O5S/c1-30(2)39(37,38)29-15-5-4-6-17(12-15)32-23-22(24(35)33(25(32)36)16-8-9-16)20(13-21(34)31(23)3)28-19-10-7-14(26)11-18(19)27/h4-7,10-13,16,28-29H,8-9H2,1-3H3. The summed E-state index contributed by atoms with van der Waals surface area (Å²) in [4.78, 5) is 40.6. The molecule has 2 aromatic carbocycles. The van der Waals surface area contributed by atoms with E-state index in [4.69, 9.17) is 0 Å². The molecule has 2 aromatic heterocycles. The van der Waals surface area contributed by atoms with Gasteiger partial charge in [-0.3, -0.25) is 23.4 Å². The monoisotopic (exact) mass is 618 g/mol. The van der Waals surface area contributed by atoms with Crippen molar-refractivity contribution in [2.75, 3.05) is 24.1 Å². The van der Waals surface area contributed by atoms with E-state index in [1.54, 1.807) is 18.2 Å². The van der Waals surface area contributed by atoms with E-state index in [2.05, 4.69) is 26.0 Å². The predicted octanol–water partition coefficient (Wildman–Crippen LogP) is 3.05. The number of hydrogen-bond donors (Lipinski definition) is 2. The van der Waals surface area contributed by atoms with Gasteiger partial charge >= 0.3 is 15.9 Å². The first kappa shape index (κ1) is 26.8. The number of fused-ring (bicyclic) bond motifs is 1. The van der Waals surface area contributed by atoms with Crippen LogP contribution in [-0.4, -0.2) is 40.5 Å². The van der Waals surface area contributed by atoms with Gasteiger partial charge in [0.15, 0.2) is 0 Å². The smallest absolute Gasteiger partial charge is 0.337 e. The van der Waals surface area contributed by atoms with E-state index in [-0.39, 0.29) is 39.8 Å². The van der Waals surface area contributed by atoms with E-state index < -0.39 is 32.8 Å². The van der Waals surface area contributed by atoms with Gasteiger partial charge in [0, 0.05) is 37.7 Å². The Morgan fingerprint density at radius 1 is 1.03 bits per heavy atom. The zero-order valence-electron chi connectivity index (χ0n) is 21.1. The quantitative estimate of drug-likeness (QED) is 0.328. The molecule has 2 heterocycles. The van der Waals surface area contributed by atoms with Crippen LogP contribution in [0.25, 0.3) is 16.7 Å². The molecule has 0 aliphatic heterocycles. The minimum atomic E-state index is -3.85. The molecule has 0 saturated heterocycles. The molecule has 0 unspecified atom stereocenters. The van der Waals surface area contributed by atoms with Crippen molar-refractivity contribution >= 4 is 54.2 Å². The minimum absolute atomic E-state index is 0.00481. The van der Waals surface area contributed by atoms with Gasteiger partial charge in [0.1, 0.15) is 16.9 Å². The second-order valence-electron chi connectivity index (χ2n) is 9.37. The molecule has 1 aliphatic rings. The molecule has 0 amide bonds. The summed E-state index contributed by atoms with van der Waals surface area (Å²) >= 11 is 3.20. The van der Waals surface area contributed by atoms with E-state index in [1.807, 2.05) is 0 Å². The van der Waals surface area contributed by atoms with Gasteiger partial charge in [-0.15, -0.1) is 0 Å². The third-order valence-electron chi connectivity index (χ3n) is 6.40. The Balaban J connectivity index is 1.82. The van der Waals surface area contributed by atoms with Gasteiger partial charge in [-0.1, -0.05) is 22.0 Å². The van der Waals surface area contributed by atoms with Crippen LogP contribution >= 0.6 is 15.9 Å². The van der Waals surface area contributed by atoms with Crippen LogP contribution in [0.15, 0.2) is 67.4 Å². The van der Waals surface area contributed by atoms with Gasteiger partial charge in [0.05, 0.1) is 22.7 Å². The average molecular weight is 619 g/mol. The van der Waals surface area contributed by atoms with Gasteiger partial charge in [0.2, 0.25) is 0 Å². The molecule has 4 aromatic rings. The molecule has 204 valence electrons. The molecule has 2 N–H and O–H groups in total. The third-order valence-corrected chi connectivity index (χ3v) is 8.34. The molecule has 11 nitrogen and oxygen atoms in total. The van der Waals surface area contributed by atoms with Crippen LogP contribution < -0.4 is 26.8 Å². The molecule has 0 atom stereocenters. The summed E-state index contributed by atoms with van der Waals surface area (Å²) in [7, 11) is 0.312. The number of pyridine rings is 1. The Labute approximate surface area is 230 Å². The number of hydrogen-bond acceptors (Lipinski definition) is 6. The van der Waals surface area contributed by atoms with Crippen molar-refractivity contribution in [1.82, 2.24) is 18.0 Å². The SMILES string of the molecule is CN(C)S(=O)(=O)Nc1cccc(-n2c(=O)n(C3CC3)c(=O)c3c(Nc4ccc(Br)cc4F)cc(=O)n(C)c32)c1. The number of anilines is 3. The van der Waals surface area contributed by atoms with Crippen LogP contribution in [0.5, 0.6) is 0 Å². The number of benzene rings is 2. The fourth-order valence-corrected chi connectivity index (χ4v) is 5.17. The average Bonchev–Trinajstić information content (AvgIpc) is 3.69. The van der Waals surface area contributed by atoms with Crippen LogP contribution in [0.4, 0.5) is 21.5 Å². The lowest BCUT2D eigenvalue weighted by atomic mass is 10.2. The van der Waals surface area contributed by atoms with Crippen molar-refractivity contribution in [2.24, 2.45) is 7.05 Å². The Kier molecular flexibility index (Phi) is 6.73. The topological polar surface area (TPSA) is 127 Å². The van der Waals surface area contributed by atoms with E-state index >= 15 is 0 Å². The summed E-state index contributed by atoms with van der Waals surface area (Å²) in [5.74, 6) is -0.616. The van der Waals surface area contributed by atoms with Crippen molar-refractivity contribution in [2.45, 2.75) is 18.9 Å². The number of nitrogens with one attached hydrogen (secondary N) is 2. The summed E-state index contributed by atoms with van der Waals surface area (Å²) < 4.78 is 46.9. The highest BCUT2D eigenvalue weighted by Gasteiger charge is 2.31. The Morgan fingerprint density at radius 2 is 1.74 bits per heavy atom. The van der Waals surface area contributed by atoms with Crippen molar-refractivity contribution in [3.63, 3.8) is 0 Å². The van der Waals surface area contributed by atoms with Gasteiger partial charge in [0.25, 0.3) is 11.1 Å². The molecule has 0 spiro atoms. The maximum atomic E-state index is 14.7. The number of nitrogens with zero attached hydrogens (tertiary/aromatic N) is 4. The maximum absolute atomic E-state index is 14.7. The van der Waals surface area contributed by atoms with Crippen molar-refractivity contribution in [1.29, 1.82) is 0 Å². The van der Waals surface area contributed by atoms with Crippen LogP contribution in [-0.2, 0) is 17.3 Å². The zero-order chi connectivity index (χ0) is 28.2. The molecule has 39 heavy (non-hydrogen) atoms. The van der Waals surface area contributed by atoms with Gasteiger partial charge in [-0.2, -0.15) is 12.7 Å². The highest BCUT2D eigenvalue weighted by atomic mass is 79.9. The molecule has 1 aliphatic carbocycles. The summed E-state index contributed by atoms with van der Waals surface area (Å²) in [6.45, 7) is 0. The molecule has 1 fully saturated rings. The van der Waals surface area contributed by atoms with Crippen molar-refractivity contribution in [3.8, 4) is 5.69 Å². The fourth-order valence-electron chi connectivity index (χ4n) is 4.23. The maximum Gasteiger partial charge on any atom is 0.337 e.